The second-order valence-electron chi connectivity index (χ2n) is 5.74. The summed E-state index contributed by atoms with van der Waals surface area (Å²) >= 11 is 0. The van der Waals surface area contributed by atoms with Crippen molar-refractivity contribution in [2.75, 3.05) is 13.1 Å². The van der Waals surface area contributed by atoms with Gasteiger partial charge in [-0.05, 0) is 38.4 Å². The van der Waals surface area contributed by atoms with Gasteiger partial charge >= 0.3 is 0 Å². The van der Waals surface area contributed by atoms with Gasteiger partial charge in [-0.2, -0.15) is 0 Å². The number of nitrogens with zero attached hydrogens (tertiary/aromatic N) is 3. The largest absolute Gasteiger partial charge is 0.347 e. The molecule has 0 saturated carbocycles. The van der Waals surface area contributed by atoms with Gasteiger partial charge in [0.25, 0.3) is 5.91 Å². The molecule has 1 saturated heterocycles. The van der Waals surface area contributed by atoms with Crippen LogP contribution in [0.2, 0.25) is 0 Å². The normalized spacial score (nSPS) is 15.7. The maximum Gasteiger partial charge on any atom is 0.273 e. The van der Waals surface area contributed by atoms with Crippen LogP contribution in [0.3, 0.4) is 0 Å². The Kier molecular flexibility index (Phi) is 4.48. The van der Waals surface area contributed by atoms with E-state index in [0.29, 0.717) is 18.3 Å². The van der Waals surface area contributed by atoms with Crippen LogP contribution in [-0.2, 0) is 6.54 Å². The highest BCUT2D eigenvalue weighted by Crippen LogP contribution is 2.17. The van der Waals surface area contributed by atoms with E-state index in [9.17, 15) is 4.79 Å². The molecular formula is C16H21N5O. The third kappa shape index (κ3) is 3.51. The number of aryl methyl sites for hydroxylation is 1. The maximum absolute atomic E-state index is 12.2. The number of aromatic nitrogens is 3. The zero-order chi connectivity index (χ0) is 15.4. The molecule has 6 nitrogen and oxygen atoms in total. The molecule has 0 aliphatic carbocycles. The quantitative estimate of drug-likeness (QED) is 0.896. The number of piperidine rings is 1. The summed E-state index contributed by atoms with van der Waals surface area (Å²) in [7, 11) is 0. The Bertz CT molecular complexity index is 645. The molecule has 1 aliphatic rings. The number of amides is 1. The summed E-state index contributed by atoms with van der Waals surface area (Å²) < 4.78 is 1.82. The Hall–Kier alpha value is -2.21. The molecule has 1 aliphatic heterocycles. The standard InChI is InChI=1S/C16H21N5O/c1-12-3-2-4-13(9-12)10-18-16(22)15-11-21(20-19-15)14-5-7-17-8-6-14/h2-4,9,11,14,17H,5-8,10H2,1H3,(H,18,22). The molecule has 2 aromatic rings. The van der Waals surface area contributed by atoms with Crippen molar-refractivity contribution in [2.24, 2.45) is 0 Å². The van der Waals surface area contributed by atoms with Gasteiger partial charge < -0.3 is 10.6 Å². The average Bonchev–Trinajstić information content (AvgIpc) is 3.04. The fourth-order valence-electron chi connectivity index (χ4n) is 2.73. The van der Waals surface area contributed by atoms with E-state index in [1.807, 2.05) is 29.8 Å². The average molecular weight is 299 g/mol. The summed E-state index contributed by atoms with van der Waals surface area (Å²) in [5.74, 6) is -0.179. The zero-order valence-corrected chi connectivity index (χ0v) is 12.7. The van der Waals surface area contributed by atoms with Crippen molar-refractivity contribution in [3.05, 3.63) is 47.3 Å². The number of hydrogen-bond acceptors (Lipinski definition) is 4. The Morgan fingerprint density at radius 1 is 1.41 bits per heavy atom. The lowest BCUT2D eigenvalue weighted by molar-refractivity contribution is 0.0946. The van der Waals surface area contributed by atoms with Gasteiger partial charge in [0, 0.05) is 6.54 Å². The summed E-state index contributed by atoms with van der Waals surface area (Å²) in [5.41, 5.74) is 2.65. The van der Waals surface area contributed by atoms with E-state index < -0.39 is 0 Å². The first-order valence-corrected chi connectivity index (χ1v) is 7.68. The van der Waals surface area contributed by atoms with Gasteiger partial charge in [-0.15, -0.1) is 5.10 Å². The Labute approximate surface area is 129 Å². The Morgan fingerprint density at radius 2 is 2.23 bits per heavy atom. The number of carbonyl (C=O) groups excluding carboxylic acids is 1. The summed E-state index contributed by atoms with van der Waals surface area (Å²) in [4.78, 5) is 12.2. The van der Waals surface area contributed by atoms with E-state index in [1.54, 1.807) is 6.20 Å². The number of rotatable bonds is 4. The van der Waals surface area contributed by atoms with E-state index in [2.05, 4.69) is 27.0 Å². The third-order valence-corrected chi connectivity index (χ3v) is 3.96. The lowest BCUT2D eigenvalue weighted by atomic mass is 10.1. The predicted molar refractivity (Wildman–Crippen MR) is 83.5 cm³/mol. The van der Waals surface area contributed by atoms with E-state index in [1.165, 1.54) is 5.56 Å². The van der Waals surface area contributed by atoms with Crippen LogP contribution in [0.25, 0.3) is 0 Å². The molecule has 1 aromatic carbocycles. The molecule has 6 heteroatoms. The fraction of sp³-hybridized carbons (Fsp3) is 0.438. The minimum Gasteiger partial charge on any atom is -0.347 e. The van der Waals surface area contributed by atoms with E-state index in [0.717, 1.165) is 31.5 Å². The lowest BCUT2D eigenvalue weighted by Crippen LogP contribution is -2.29. The minimum atomic E-state index is -0.179. The van der Waals surface area contributed by atoms with Crippen LogP contribution in [0.1, 0.15) is 40.5 Å². The molecule has 22 heavy (non-hydrogen) atoms. The molecule has 0 radical (unpaired) electrons. The Morgan fingerprint density at radius 3 is 3.00 bits per heavy atom. The van der Waals surface area contributed by atoms with Crippen molar-refractivity contribution < 1.29 is 4.79 Å². The fourth-order valence-corrected chi connectivity index (χ4v) is 2.73. The van der Waals surface area contributed by atoms with Crippen molar-refractivity contribution in [2.45, 2.75) is 32.4 Å². The minimum absolute atomic E-state index is 0.179. The first-order valence-electron chi connectivity index (χ1n) is 7.68. The summed E-state index contributed by atoms with van der Waals surface area (Å²) in [6, 6.07) is 8.43. The number of hydrogen-bond donors (Lipinski definition) is 2. The molecule has 0 spiro atoms. The van der Waals surface area contributed by atoms with Crippen molar-refractivity contribution in [1.82, 2.24) is 25.6 Å². The molecule has 0 atom stereocenters. The van der Waals surface area contributed by atoms with Gasteiger partial charge in [-0.1, -0.05) is 35.0 Å². The molecule has 3 rings (SSSR count). The molecular weight excluding hydrogens is 278 g/mol. The van der Waals surface area contributed by atoms with Crippen LogP contribution >= 0.6 is 0 Å². The van der Waals surface area contributed by atoms with Crippen LogP contribution in [0.4, 0.5) is 0 Å². The van der Waals surface area contributed by atoms with Crippen LogP contribution < -0.4 is 10.6 Å². The number of carbonyl (C=O) groups is 1. The predicted octanol–water partition coefficient (Wildman–Crippen LogP) is 1.44. The van der Waals surface area contributed by atoms with Crippen LogP contribution in [0, 0.1) is 6.92 Å². The van der Waals surface area contributed by atoms with Crippen molar-refractivity contribution in [3.63, 3.8) is 0 Å². The first-order chi connectivity index (χ1) is 10.7. The van der Waals surface area contributed by atoms with Crippen molar-refractivity contribution >= 4 is 5.91 Å². The molecule has 0 unspecified atom stereocenters. The van der Waals surface area contributed by atoms with Crippen LogP contribution in [0.5, 0.6) is 0 Å². The lowest BCUT2D eigenvalue weighted by Gasteiger charge is -2.22. The molecule has 1 aromatic heterocycles. The SMILES string of the molecule is Cc1cccc(CNC(=O)c2cn(C3CCNCC3)nn2)c1. The van der Waals surface area contributed by atoms with E-state index in [4.69, 9.17) is 0 Å². The van der Waals surface area contributed by atoms with Crippen LogP contribution in [0.15, 0.2) is 30.5 Å². The molecule has 2 heterocycles. The van der Waals surface area contributed by atoms with Crippen LogP contribution in [-0.4, -0.2) is 34.0 Å². The monoisotopic (exact) mass is 299 g/mol. The number of nitrogens with one attached hydrogen (secondary N) is 2. The topological polar surface area (TPSA) is 71.8 Å². The van der Waals surface area contributed by atoms with Gasteiger partial charge in [0.1, 0.15) is 0 Å². The Balaban J connectivity index is 1.59. The highest BCUT2D eigenvalue weighted by Gasteiger charge is 2.18. The van der Waals surface area contributed by atoms with Gasteiger partial charge in [-0.3, -0.25) is 4.79 Å². The summed E-state index contributed by atoms with van der Waals surface area (Å²) in [5, 5.41) is 14.3. The maximum atomic E-state index is 12.2. The van der Waals surface area contributed by atoms with Gasteiger partial charge in [0.15, 0.2) is 5.69 Å². The molecule has 0 bridgehead atoms. The van der Waals surface area contributed by atoms with Crippen molar-refractivity contribution in [3.8, 4) is 0 Å². The van der Waals surface area contributed by atoms with Gasteiger partial charge in [0.05, 0.1) is 12.2 Å². The van der Waals surface area contributed by atoms with Gasteiger partial charge in [0.2, 0.25) is 0 Å². The van der Waals surface area contributed by atoms with Crippen molar-refractivity contribution in [1.29, 1.82) is 0 Å². The second-order valence-corrected chi connectivity index (χ2v) is 5.74. The van der Waals surface area contributed by atoms with E-state index >= 15 is 0 Å². The molecule has 2 N–H and O–H groups in total. The third-order valence-electron chi connectivity index (χ3n) is 3.96. The molecule has 1 amide bonds. The molecule has 1 fully saturated rings. The first kappa shape index (κ1) is 14.7. The summed E-state index contributed by atoms with van der Waals surface area (Å²) in [6.07, 6.45) is 3.79. The highest BCUT2D eigenvalue weighted by molar-refractivity contribution is 5.91. The van der Waals surface area contributed by atoms with Gasteiger partial charge in [-0.25, -0.2) is 4.68 Å². The second kappa shape index (κ2) is 6.70. The zero-order valence-electron chi connectivity index (χ0n) is 12.7. The highest BCUT2D eigenvalue weighted by atomic mass is 16.2. The summed E-state index contributed by atoms with van der Waals surface area (Å²) in [6.45, 7) is 4.51. The number of benzene rings is 1. The molecule has 116 valence electrons. The smallest absolute Gasteiger partial charge is 0.273 e. The van der Waals surface area contributed by atoms with E-state index in [-0.39, 0.29) is 5.91 Å².